The maximum Gasteiger partial charge on any atom is 0.263 e. The van der Waals surface area contributed by atoms with Crippen LogP contribution in [-0.2, 0) is 16.4 Å². The van der Waals surface area contributed by atoms with Gasteiger partial charge >= 0.3 is 0 Å². The molecule has 0 amide bonds. The van der Waals surface area contributed by atoms with E-state index in [2.05, 4.69) is 9.71 Å². The number of rotatable bonds is 5. The molecule has 0 saturated carbocycles. The van der Waals surface area contributed by atoms with Crippen LogP contribution in [0.15, 0.2) is 59.8 Å². The third kappa shape index (κ3) is 3.87. The first-order chi connectivity index (χ1) is 12.4. The molecule has 1 heterocycles. The predicted molar refractivity (Wildman–Crippen MR) is 97.0 cm³/mol. The number of nitriles is 1. The first-order valence-electron chi connectivity index (χ1n) is 7.51. The smallest absolute Gasteiger partial charge is 0.263 e. The van der Waals surface area contributed by atoms with Crippen LogP contribution in [0, 0.1) is 17.1 Å². The molecule has 132 valence electrons. The van der Waals surface area contributed by atoms with Crippen molar-refractivity contribution >= 4 is 27.3 Å². The Labute approximate surface area is 155 Å². The van der Waals surface area contributed by atoms with Crippen molar-refractivity contribution in [3.63, 3.8) is 0 Å². The lowest BCUT2D eigenvalue weighted by Crippen LogP contribution is -2.15. The van der Waals surface area contributed by atoms with Crippen LogP contribution in [0.4, 0.5) is 10.1 Å². The lowest BCUT2D eigenvalue weighted by atomic mass is 10.1. The van der Waals surface area contributed by atoms with Crippen LogP contribution in [0.25, 0.3) is 0 Å². The molecule has 0 unspecified atom stereocenters. The molecular formula is C18H13ClFN3O2S. The Kier molecular flexibility index (Phi) is 4.98. The van der Waals surface area contributed by atoms with E-state index >= 15 is 0 Å². The third-order valence-electron chi connectivity index (χ3n) is 3.70. The highest BCUT2D eigenvalue weighted by molar-refractivity contribution is 7.92. The number of nitrogens with zero attached hydrogens (tertiary/aromatic N) is 1. The van der Waals surface area contributed by atoms with Gasteiger partial charge in [-0.05, 0) is 41.5 Å². The fourth-order valence-corrected chi connectivity index (χ4v) is 3.98. The zero-order valence-corrected chi connectivity index (χ0v) is 14.9. The van der Waals surface area contributed by atoms with Crippen molar-refractivity contribution in [1.29, 1.82) is 5.26 Å². The first-order valence-corrected chi connectivity index (χ1v) is 9.38. The first kappa shape index (κ1) is 18.0. The van der Waals surface area contributed by atoms with E-state index in [1.165, 1.54) is 18.3 Å². The number of hydrogen-bond acceptors (Lipinski definition) is 3. The van der Waals surface area contributed by atoms with E-state index < -0.39 is 15.8 Å². The Morgan fingerprint density at radius 3 is 2.69 bits per heavy atom. The second kappa shape index (κ2) is 7.20. The van der Waals surface area contributed by atoms with Gasteiger partial charge in [0.05, 0.1) is 17.3 Å². The normalized spacial score (nSPS) is 11.1. The molecule has 3 rings (SSSR count). The Bertz CT molecular complexity index is 1100. The molecule has 26 heavy (non-hydrogen) atoms. The maximum absolute atomic E-state index is 14.0. The molecular weight excluding hydrogens is 377 g/mol. The van der Waals surface area contributed by atoms with Gasteiger partial charge in [0.1, 0.15) is 10.7 Å². The minimum atomic E-state index is -4.01. The number of benzene rings is 2. The molecule has 0 spiro atoms. The topological polar surface area (TPSA) is 85.8 Å². The largest absolute Gasteiger partial charge is 0.366 e. The highest BCUT2D eigenvalue weighted by Crippen LogP contribution is 2.24. The second-order valence-corrected chi connectivity index (χ2v) is 7.65. The zero-order valence-electron chi connectivity index (χ0n) is 13.3. The van der Waals surface area contributed by atoms with E-state index in [1.54, 1.807) is 30.5 Å². The highest BCUT2D eigenvalue weighted by atomic mass is 35.5. The van der Waals surface area contributed by atoms with Gasteiger partial charge in [0.15, 0.2) is 0 Å². The molecule has 2 N–H and O–H groups in total. The van der Waals surface area contributed by atoms with Crippen LogP contribution in [-0.4, -0.2) is 13.4 Å². The molecule has 0 atom stereocenters. The van der Waals surface area contributed by atoms with Gasteiger partial charge in [0, 0.05) is 23.8 Å². The summed E-state index contributed by atoms with van der Waals surface area (Å²) in [7, 11) is -4.01. The van der Waals surface area contributed by atoms with Gasteiger partial charge < -0.3 is 4.98 Å². The summed E-state index contributed by atoms with van der Waals surface area (Å²) in [4.78, 5) is 2.78. The molecule has 3 aromatic rings. The minimum Gasteiger partial charge on any atom is -0.366 e. The van der Waals surface area contributed by atoms with E-state index in [0.29, 0.717) is 17.0 Å². The summed E-state index contributed by atoms with van der Waals surface area (Å²) in [6.07, 6.45) is 3.25. The van der Waals surface area contributed by atoms with Crippen molar-refractivity contribution in [2.75, 3.05) is 4.72 Å². The molecule has 0 bridgehead atoms. The molecule has 0 saturated heterocycles. The number of aromatic nitrogens is 1. The number of sulfonamides is 1. The van der Waals surface area contributed by atoms with Gasteiger partial charge in [-0.2, -0.15) is 5.26 Å². The zero-order chi connectivity index (χ0) is 18.7. The van der Waals surface area contributed by atoms with Crippen LogP contribution in [0.3, 0.4) is 0 Å². The van der Waals surface area contributed by atoms with Crippen LogP contribution in [0.1, 0.15) is 16.7 Å². The number of aromatic amines is 1. The van der Waals surface area contributed by atoms with Crippen molar-refractivity contribution in [2.24, 2.45) is 0 Å². The number of H-pyrrole nitrogens is 1. The lowest BCUT2D eigenvalue weighted by molar-refractivity contribution is 0.598. The van der Waals surface area contributed by atoms with E-state index in [9.17, 15) is 12.8 Å². The molecule has 0 aliphatic rings. The van der Waals surface area contributed by atoms with E-state index in [-0.39, 0.29) is 16.1 Å². The standard InChI is InChI=1S/C18H13ClFN3O2S/c19-15-3-1-2-12(7-15)6-14-10-22-11-18(14)26(24,25)23-17-5-4-13(9-21)8-16(17)20/h1-5,7-8,10-11,22-23H,6H2. The summed E-state index contributed by atoms with van der Waals surface area (Å²) in [6, 6.07) is 12.4. The average molecular weight is 390 g/mol. The van der Waals surface area contributed by atoms with E-state index in [4.69, 9.17) is 16.9 Å². The Hall–Kier alpha value is -2.82. The molecule has 0 aliphatic carbocycles. The number of anilines is 1. The molecule has 0 fully saturated rings. The monoisotopic (exact) mass is 389 g/mol. The molecule has 0 radical (unpaired) electrons. The predicted octanol–water partition coefficient (Wildman–Crippen LogP) is 4.07. The number of hydrogen-bond donors (Lipinski definition) is 2. The van der Waals surface area contributed by atoms with Crippen LogP contribution in [0.2, 0.25) is 5.02 Å². The summed E-state index contributed by atoms with van der Waals surface area (Å²) in [5.74, 6) is -0.820. The Balaban J connectivity index is 1.89. The van der Waals surface area contributed by atoms with Crippen molar-refractivity contribution in [1.82, 2.24) is 4.98 Å². The van der Waals surface area contributed by atoms with Crippen molar-refractivity contribution in [3.8, 4) is 6.07 Å². The number of halogens is 2. The summed E-state index contributed by atoms with van der Waals surface area (Å²) < 4.78 is 41.5. The van der Waals surface area contributed by atoms with Gasteiger partial charge in [-0.25, -0.2) is 12.8 Å². The molecule has 0 aliphatic heterocycles. The maximum atomic E-state index is 14.0. The minimum absolute atomic E-state index is 0.0150. The molecule has 5 nitrogen and oxygen atoms in total. The fourth-order valence-electron chi connectivity index (χ4n) is 2.50. The Morgan fingerprint density at radius 1 is 1.19 bits per heavy atom. The van der Waals surface area contributed by atoms with Crippen LogP contribution >= 0.6 is 11.6 Å². The average Bonchev–Trinajstić information content (AvgIpc) is 3.05. The van der Waals surface area contributed by atoms with E-state index in [1.807, 2.05) is 6.07 Å². The Morgan fingerprint density at radius 2 is 2.00 bits per heavy atom. The van der Waals surface area contributed by atoms with Gasteiger partial charge in [-0.1, -0.05) is 23.7 Å². The van der Waals surface area contributed by atoms with Crippen molar-refractivity contribution in [2.45, 2.75) is 11.3 Å². The summed E-state index contributed by atoms with van der Waals surface area (Å²) in [5.41, 5.74) is 1.25. The van der Waals surface area contributed by atoms with Gasteiger partial charge in [0.25, 0.3) is 10.0 Å². The summed E-state index contributed by atoms with van der Waals surface area (Å²) in [6.45, 7) is 0. The molecule has 1 aromatic heterocycles. The third-order valence-corrected chi connectivity index (χ3v) is 5.39. The summed E-state index contributed by atoms with van der Waals surface area (Å²) >= 11 is 5.96. The van der Waals surface area contributed by atoms with Gasteiger partial charge in [-0.15, -0.1) is 0 Å². The van der Waals surface area contributed by atoms with Gasteiger partial charge in [-0.3, -0.25) is 4.72 Å². The van der Waals surface area contributed by atoms with Crippen LogP contribution in [0.5, 0.6) is 0 Å². The van der Waals surface area contributed by atoms with Crippen molar-refractivity contribution < 1.29 is 12.8 Å². The van der Waals surface area contributed by atoms with E-state index in [0.717, 1.165) is 11.6 Å². The highest BCUT2D eigenvalue weighted by Gasteiger charge is 2.21. The quantitative estimate of drug-likeness (QED) is 0.689. The molecule has 2 aromatic carbocycles. The fraction of sp³-hybridized carbons (Fsp3) is 0.0556. The summed E-state index contributed by atoms with van der Waals surface area (Å²) in [5, 5.41) is 9.32. The molecule has 8 heteroatoms. The van der Waals surface area contributed by atoms with Crippen molar-refractivity contribution in [3.05, 3.63) is 82.4 Å². The van der Waals surface area contributed by atoms with Gasteiger partial charge in [0.2, 0.25) is 0 Å². The second-order valence-electron chi connectivity index (χ2n) is 5.56. The lowest BCUT2D eigenvalue weighted by Gasteiger charge is -2.10. The number of nitrogens with one attached hydrogen (secondary N) is 2. The van der Waals surface area contributed by atoms with Crippen LogP contribution < -0.4 is 4.72 Å². The SMILES string of the molecule is N#Cc1ccc(NS(=O)(=O)c2c[nH]cc2Cc2cccc(Cl)c2)c(F)c1.